The fourth-order valence-corrected chi connectivity index (χ4v) is 3.32. The number of carbonyl (C=O) groups is 4. The third-order valence-electron chi connectivity index (χ3n) is 4.31. The molecule has 6 atom stereocenters. The number of rotatable bonds is 6. The SMILES string of the molecule is C=C(C)C(=O)OCC(=O)OC1C2OC(=O)C3C2OC1C3C(=O)OCF. The molecule has 3 heterocycles. The first-order valence-corrected chi connectivity index (χ1v) is 7.45. The number of hydrogen-bond donors (Lipinski definition) is 0. The van der Waals surface area contributed by atoms with E-state index in [1.807, 2.05) is 0 Å². The highest BCUT2D eigenvalue weighted by Gasteiger charge is 2.72. The zero-order valence-corrected chi connectivity index (χ0v) is 13.1. The number of halogens is 1. The van der Waals surface area contributed by atoms with Crippen molar-refractivity contribution in [2.45, 2.75) is 31.3 Å². The predicted octanol–water partition coefficient (Wildman–Crippen LogP) is -0.574. The first-order chi connectivity index (χ1) is 11.8. The Labute approximate surface area is 141 Å². The smallest absolute Gasteiger partial charge is 0.344 e. The van der Waals surface area contributed by atoms with Crippen molar-refractivity contribution in [3.8, 4) is 0 Å². The summed E-state index contributed by atoms with van der Waals surface area (Å²) in [5.41, 5.74) is 0.109. The van der Waals surface area contributed by atoms with Gasteiger partial charge in [0.2, 0.25) is 6.86 Å². The molecule has 0 spiro atoms. The molecule has 0 radical (unpaired) electrons. The summed E-state index contributed by atoms with van der Waals surface area (Å²) in [4.78, 5) is 47.0. The van der Waals surface area contributed by atoms with Gasteiger partial charge in [-0.25, -0.2) is 14.0 Å². The lowest BCUT2D eigenvalue weighted by Gasteiger charge is -2.26. The number of fused-ring (bicyclic) bond motifs is 1. The molecule has 0 aromatic carbocycles. The van der Waals surface area contributed by atoms with Gasteiger partial charge in [0.15, 0.2) is 18.8 Å². The number of hydrogen-bond acceptors (Lipinski definition) is 9. The zero-order chi connectivity index (χ0) is 18.3. The fraction of sp³-hybridized carbons (Fsp3) is 0.600. The zero-order valence-electron chi connectivity index (χ0n) is 13.1. The van der Waals surface area contributed by atoms with E-state index < -0.39 is 73.6 Å². The van der Waals surface area contributed by atoms with Crippen LogP contribution in [-0.2, 0) is 42.9 Å². The Morgan fingerprint density at radius 1 is 1.20 bits per heavy atom. The fourth-order valence-electron chi connectivity index (χ4n) is 3.32. The molecule has 0 amide bonds. The van der Waals surface area contributed by atoms with Crippen LogP contribution in [0.15, 0.2) is 12.2 Å². The molecule has 3 aliphatic rings. The minimum atomic E-state index is -1.35. The maximum Gasteiger partial charge on any atom is 0.344 e. The molecule has 6 unspecified atom stereocenters. The molecule has 2 bridgehead atoms. The number of ether oxygens (including phenoxy) is 5. The largest absolute Gasteiger partial charge is 0.455 e. The Balaban J connectivity index is 1.67. The molecule has 3 fully saturated rings. The van der Waals surface area contributed by atoms with E-state index in [1.54, 1.807) is 0 Å². The Morgan fingerprint density at radius 2 is 1.92 bits per heavy atom. The molecule has 136 valence electrons. The second kappa shape index (κ2) is 6.43. The van der Waals surface area contributed by atoms with Crippen LogP contribution in [0.3, 0.4) is 0 Å². The van der Waals surface area contributed by atoms with E-state index in [4.69, 9.17) is 14.2 Å². The van der Waals surface area contributed by atoms with Crippen molar-refractivity contribution >= 4 is 23.9 Å². The van der Waals surface area contributed by atoms with E-state index in [0.717, 1.165) is 0 Å². The molecule has 0 N–H and O–H groups in total. The lowest BCUT2D eigenvalue weighted by Crippen LogP contribution is -2.48. The number of esters is 4. The molecule has 3 rings (SSSR count). The third kappa shape index (κ3) is 2.86. The van der Waals surface area contributed by atoms with Gasteiger partial charge >= 0.3 is 23.9 Å². The van der Waals surface area contributed by atoms with Crippen molar-refractivity contribution in [2.75, 3.05) is 13.5 Å². The van der Waals surface area contributed by atoms with E-state index in [1.165, 1.54) is 6.92 Å². The van der Waals surface area contributed by atoms with Gasteiger partial charge < -0.3 is 23.7 Å². The van der Waals surface area contributed by atoms with Gasteiger partial charge in [0.1, 0.15) is 24.0 Å². The lowest BCUT2D eigenvalue weighted by molar-refractivity contribution is -0.170. The summed E-state index contributed by atoms with van der Waals surface area (Å²) < 4.78 is 37.1. The third-order valence-corrected chi connectivity index (χ3v) is 4.31. The molecule has 0 aromatic rings. The van der Waals surface area contributed by atoms with Crippen LogP contribution < -0.4 is 0 Å². The Hall–Kier alpha value is -2.49. The first-order valence-electron chi connectivity index (χ1n) is 7.45. The van der Waals surface area contributed by atoms with Crippen LogP contribution in [0.2, 0.25) is 0 Å². The van der Waals surface area contributed by atoms with Crippen LogP contribution in [0.5, 0.6) is 0 Å². The van der Waals surface area contributed by atoms with E-state index in [0.29, 0.717) is 0 Å². The molecule has 3 aliphatic heterocycles. The summed E-state index contributed by atoms with van der Waals surface area (Å²) in [7, 11) is 0. The Kier molecular flexibility index (Phi) is 4.46. The number of carbonyl (C=O) groups excluding carboxylic acids is 4. The van der Waals surface area contributed by atoms with Crippen LogP contribution in [0, 0.1) is 11.8 Å². The molecule has 25 heavy (non-hydrogen) atoms. The topological polar surface area (TPSA) is 114 Å². The highest BCUT2D eigenvalue weighted by molar-refractivity contribution is 5.89. The van der Waals surface area contributed by atoms with Gasteiger partial charge in [0.25, 0.3) is 0 Å². The van der Waals surface area contributed by atoms with E-state index in [2.05, 4.69) is 16.1 Å². The molecular formula is C15H15FO9. The normalized spacial score (nSPS) is 34.4. The van der Waals surface area contributed by atoms with Gasteiger partial charge in [0.05, 0.1) is 0 Å². The first kappa shape index (κ1) is 17.3. The van der Waals surface area contributed by atoms with Gasteiger partial charge in [-0.2, -0.15) is 0 Å². The second-order valence-corrected chi connectivity index (χ2v) is 5.90. The predicted molar refractivity (Wildman–Crippen MR) is 73.2 cm³/mol. The van der Waals surface area contributed by atoms with Crippen LogP contribution >= 0.6 is 0 Å². The maximum atomic E-state index is 12.3. The van der Waals surface area contributed by atoms with E-state index in [9.17, 15) is 23.6 Å². The highest BCUT2D eigenvalue weighted by Crippen LogP contribution is 2.51. The molecule has 10 heteroatoms. The average molecular weight is 358 g/mol. The van der Waals surface area contributed by atoms with Crippen molar-refractivity contribution in [3.05, 3.63) is 12.2 Å². The monoisotopic (exact) mass is 358 g/mol. The molecular weight excluding hydrogens is 343 g/mol. The summed E-state index contributed by atoms with van der Waals surface area (Å²) in [6.45, 7) is 2.76. The molecule has 9 nitrogen and oxygen atoms in total. The lowest BCUT2D eigenvalue weighted by atomic mass is 9.78. The van der Waals surface area contributed by atoms with Crippen molar-refractivity contribution in [1.29, 1.82) is 0 Å². The van der Waals surface area contributed by atoms with Gasteiger partial charge in [0, 0.05) is 5.57 Å². The van der Waals surface area contributed by atoms with Crippen LogP contribution in [0.4, 0.5) is 4.39 Å². The summed E-state index contributed by atoms with van der Waals surface area (Å²) in [6, 6.07) is 0. The number of alkyl halides is 1. The minimum absolute atomic E-state index is 0.109. The van der Waals surface area contributed by atoms with Gasteiger partial charge in [-0.1, -0.05) is 6.58 Å². The summed E-state index contributed by atoms with van der Waals surface area (Å²) in [6.07, 6.45) is -3.70. The van der Waals surface area contributed by atoms with Crippen molar-refractivity contribution in [1.82, 2.24) is 0 Å². The average Bonchev–Trinajstić information content (AvgIpc) is 3.16. The molecule has 0 aromatic heterocycles. The second-order valence-electron chi connectivity index (χ2n) is 5.90. The van der Waals surface area contributed by atoms with E-state index in [-0.39, 0.29) is 5.57 Å². The summed E-state index contributed by atoms with van der Waals surface area (Å²) >= 11 is 0. The summed E-state index contributed by atoms with van der Waals surface area (Å²) in [5, 5.41) is 0. The highest BCUT2D eigenvalue weighted by atomic mass is 19.1. The van der Waals surface area contributed by atoms with Crippen LogP contribution in [0.25, 0.3) is 0 Å². The quantitative estimate of drug-likeness (QED) is 0.350. The van der Waals surface area contributed by atoms with Crippen molar-refractivity contribution in [3.63, 3.8) is 0 Å². The molecule has 0 saturated carbocycles. The standard InChI is InChI=1S/C15H15FO9/c1-5(2)13(18)21-3-6(17)23-11-9-7(14(19)22-4-16)8-10(24-9)12(11)25-15(8)20/h7-12H,1,3-4H2,2H3. The van der Waals surface area contributed by atoms with Crippen LogP contribution in [0.1, 0.15) is 6.92 Å². The van der Waals surface area contributed by atoms with Crippen LogP contribution in [-0.4, -0.2) is 61.8 Å². The summed E-state index contributed by atoms with van der Waals surface area (Å²) in [5.74, 6) is -5.36. The molecule has 0 aliphatic carbocycles. The van der Waals surface area contributed by atoms with Gasteiger partial charge in [-0.3, -0.25) is 9.59 Å². The van der Waals surface area contributed by atoms with E-state index >= 15 is 0 Å². The Morgan fingerprint density at radius 3 is 2.56 bits per heavy atom. The minimum Gasteiger partial charge on any atom is -0.455 e. The van der Waals surface area contributed by atoms with Gasteiger partial charge in [-0.05, 0) is 6.92 Å². The van der Waals surface area contributed by atoms with Crippen molar-refractivity contribution < 1.29 is 47.3 Å². The van der Waals surface area contributed by atoms with Gasteiger partial charge in [-0.15, -0.1) is 0 Å². The molecule has 3 saturated heterocycles. The Bertz CT molecular complexity index is 645. The maximum absolute atomic E-state index is 12.3. The van der Waals surface area contributed by atoms with Crippen molar-refractivity contribution in [2.24, 2.45) is 11.8 Å².